The zero-order valence-corrected chi connectivity index (χ0v) is 15.6. The Bertz CT molecular complexity index is 1230. The molecule has 0 atom stereocenters. The number of pyridine rings is 1. The molecule has 4 rings (SSSR count). The van der Waals surface area contributed by atoms with Crippen molar-refractivity contribution in [2.75, 3.05) is 0 Å². The SMILES string of the molecule is NC(=O)c1ccc(-c2cccc(C(N)=O)c2Cc2cccc3ncccc23)cc1. The van der Waals surface area contributed by atoms with E-state index >= 15 is 0 Å². The second-order valence-electron chi connectivity index (χ2n) is 6.80. The van der Waals surface area contributed by atoms with Gasteiger partial charge in [0.1, 0.15) is 0 Å². The van der Waals surface area contributed by atoms with E-state index in [1.807, 2.05) is 54.6 Å². The van der Waals surface area contributed by atoms with Gasteiger partial charge in [0.2, 0.25) is 11.8 Å². The molecule has 1 heterocycles. The molecule has 3 aromatic carbocycles. The Hall–Kier alpha value is -3.99. The highest BCUT2D eigenvalue weighted by Gasteiger charge is 2.16. The molecule has 0 radical (unpaired) electrons. The molecule has 0 aliphatic carbocycles. The van der Waals surface area contributed by atoms with Crippen LogP contribution in [-0.2, 0) is 6.42 Å². The van der Waals surface area contributed by atoms with E-state index in [1.165, 1.54) is 0 Å². The summed E-state index contributed by atoms with van der Waals surface area (Å²) >= 11 is 0. The molecule has 0 bridgehead atoms. The minimum absolute atomic E-state index is 0.432. The van der Waals surface area contributed by atoms with E-state index in [1.54, 1.807) is 24.4 Å². The molecule has 0 saturated heterocycles. The molecular weight excluding hydrogens is 362 g/mol. The summed E-state index contributed by atoms with van der Waals surface area (Å²) in [6.45, 7) is 0. The van der Waals surface area contributed by atoms with Crippen LogP contribution >= 0.6 is 0 Å². The largest absolute Gasteiger partial charge is 0.366 e. The molecule has 5 heteroatoms. The van der Waals surface area contributed by atoms with Crippen molar-refractivity contribution in [2.45, 2.75) is 6.42 Å². The molecule has 0 fully saturated rings. The lowest BCUT2D eigenvalue weighted by Gasteiger charge is -2.15. The lowest BCUT2D eigenvalue weighted by molar-refractivity contribution is 0.0991. The van der Waals surface area contributed by atoms with Crippen LogP contribution in [0.15, 0.2) is 79.0 Å². The van der Waals surface area contributed by atoms with Crippen LogP contribution in [0.2, 0.25) is 0 Å². The average molecular weight is 381 g/mol. The Morgan fingerprint density at radius 3 is 2.28 bits per heavy atom. The van der Waals surface area contributed by atoms with Gasteiger partial charge in [0.25, 0.3) is 0 Å². The fourth-order valence-corrected chi connectivity index (χ4v) is 3.60. The van der Waals surface area contributed by atoms with Gasteiger partial charge in [0, 0.05) is 22.7 Å². The third kappa shape index (κ3) is 3.58. The molecule has 29 heavy (non-hydrogen) atoms. The van der Waals surface area contributed by atoms with E-state index in [9.17, 15) is 9.59 Å². The number of carbonyl (C=O) groups is 2. The monoisotopic (exact) mass is 381 g/mol. The summed E-state index contributed by atoms with van der Waals surface area (Å²) in [5.41, 5.74) is 16.5. The third-order valence-corrected chi connectivity index (χ3v) is 5.03. The molecule has 1 aromatic heterocycles. The first kappa shape index (κ1) is 18.4. The summed E-state index contributed by atoms with van der Waals surface area (Å²) in [6, 6.07) is 22.4. The summed E-state index contributed by atoms with van der Waals surface area (Å²) in [6.07, 6.45) is 2.28. The van der Waals surface area contributed by atoms with Crippen LogP contribution < -0.4 is 11.5 Å². The summed E-state index contributed by atoms with van der Waals surface area (Å²) in [4.78, 5) is 27.9. The van der Waals surface area contributed by atoms with Gasteiger partial charge >= 0.3 is 0 Å². The number of nitrogens with zero attached hydrogens (tertiary/aromatic N) is 1. The maximum absolute atomic E-state index is 12.2. The molecular formula is C24H19N3O2. The molecule has 0 aliphatic rings. The minimum atomic E-state index is -0.481. The maximum atomic E-state index is 12.2. The van der Waals surface area contributed by atoms with Gasteiger partial charge in [0.15, 0.2) is 0 Å². The molecule has 142 valence electrons. The number of hydrogen-bond donors (Lipinski definition) is 2. The number of carbonyl (C=O) groups excluding carboxylic acids is 2. The Balaban J connectivity index is 1.87. The summed E-state index contributed by atoms with van der Waals surface area (Å²) < 4.78 is 0. The van der Waals surface area contributed by atoms with Gasteiger partial charge < -0.3 is 11.5 Å². The van der Waals surface area contributed by atoms with E-state index in [0.29, 0.717) is 17.5 Å². The quantitative estimate of drug-likeness (QED) is 0.551. The number of rotatable bonds is 5. The van der Waals surface area contributed by atoms with Crippen LogP contribution in [0.1, 0.15) is 31.8 Å². The van der Waals surface area contributed by atoms with Crippen LogP contribution in [0, 0.1) is 0 Å². The van der Waals surface area contributed by atoms with Crippen molar-refractivity contribution in [3.8, 4) is 11.1 Å². The number of benzene rings is 3. The molecule has 0 spiro atoms. The van der Waals surface area contributed by atoms with Gasteiger partial charge in [-0.1, -0.05) is 42.5 Å². The lowest BCUT2D eigenvalue weighted by Crippen LogP contribution is -2.15. The molecule has 0 saturated carbocycles. The van der Waals surface area contributed by atoms with Crippen LogP contribution in [-0.4, -0.2) is 16.8 Å². The Morgan fingerprint density at radius 2 is 1.55 bits per heavy atom. The van der Waals surface area contributed by atoms with E-state index in [2.05, 4.69) is 4.98 Å². The number of amides is 2. The highest BCUT2D eigenvalue weighted by Crippen LogP contribution is 2.30. The number of nitrogens with two attached hydrogens (primary N) is 2. The average Bonchev–Trinajstić information content (AvgIpc) is 2.74. The zero-order valence-electron chi connectivity index (χ0n) is 15.6. The maximum Gasteiger partial charge on any atom is 0.249 e. The Morgan fingerprint density at radius 1 is 0.793 bits per heavy atom. The second kappa shape index (κ2) is 7.56. The van der Waals surface area contributed by atoms with Gasteiger partial charge in [-0.05, 0) is 59.0 Å². The van der Waals surface area contributed by atoms with Gasteiger partial charge in [-0.25, -0.2) is 0 Å². The molecule has 4 aromatic rings. The van der Waals surface area contributed by atoms with E-state index in [0.717, 1.165) is 33.2 Å². The van der Waals surface area contributed by atoms with Crippen molar-refractivity contribution in [3.63, 3.8) is 0 Å². The first-order chi connectivity index (χ1) is 14.0. The van der Waals surface area contributed by atoms with Gasteiger partial charge in [-0.3, -0.25) is 14.6 Å². The summed E-state index contributed by atoms with van der Waals surface area (Å²) in [7, 11) is 0. The Labute approximate surface area is 168 Å². The molecule has 0 unspecified atom stereocenters. The van der Waals surface area contributed by atoms with E-state index in [4.69, 9.17) is 11.5 Å². The number of aromatic nitrogens is 1. The van der Waals surface area contributed by atoms with Crippen molar-refractivity contribution < 1.29 is 9.59 Å². The molecule has 2 amide bonds. The second-order valence-corrected chi connectivity index (χ2v) is 6.80. The van der Waals surface area contributed by atoms with Crippen molar-refractivity contribution in [3.05, 3.63) is 101 Å². The molecule has 5 nitrogen and oxygen atoms in total. The highest BCUT2D eigenvalue weighted by atomic mass is 16.1. The predicted octanol–water partition coefficient (Wildman–Crippen LogP) is 3.69. The van der Waals surface area contributed by atoms with Crippen LogP contribution in [0.4, 0.5) is 0 Å². The van der Waals surface area contributed by atoms with E-state index < -0.39 is 11.8 Å². The van der Waals surface area contributed by atoms with Crippen LogP contribution in [0.25, 0.3) is 22.0 Å². The van der Waals surface area contributed by atoms with Gasteiger partial charge in [0.05, 0.1) is 5.52 Å². The first-order valence-corrected chi connectivity index (χ1v) is 9.19. The minimum Gasteiger partial charge on any atom is -0.366 e. The normalized spacial score (nSPS) is 10.8. The lowest BCUT2D eigenvalue weighted by atomic mass is 9.89. The van der Waals surface area contributed by atoms with Crippen molar-refractivity contribution in [1.29, 1.82) is 0 Å². The number of primary amides is 2. The number of hydrogen-bond acceptors (Lipinski definition) is 3. The fourth-order valence-electron chi connectivity index (χ4n) is 3.60. The molecule has 4 N–H and O–H groups in total. The third-order valence-electron chi connectivity index (χ3n) is 5.03. The Kier molecular flexibility index (Phi) is 4.79. The van der Waals surface area contributed by atoms with Crippen molar-refractivity contribution in [2.24, 2.45) is 11.5 Å². The summed E-state index contributed by atoms with van der Waals surface area (Å²) in [5.74, 6) is -0.958. The van der Waals surface area contributed by atoms with Crippen LogP contribution in [0.3, 0.4) is 0 Å². The predicted molar refractivity (Wildman–Crippen MR) is 113 cm³/mol. The standard InChI is InChI=1S/C24H19N3O2/c25-23(28)16-11-9-15(10-12-16)18-5-2-6-20(24(26)29)21(18)14-17-4-1-8-22-19(17)7-3-13-27-22/h1-13H,14H2,(H2,25,28)(H2,26,29). The van der Waals surface area contributed by atoms with Gasteiger partial charge in [-0.2, -0.15) is 0 Å². The number of fused-ring (bicyclic) bond motifs is 1. The summed E-state index contributed by atoms with van der Waals surface area (Å²) in [5, 5.41) is 1.03. The highest BCUT2D eigenvalue weighted by molar-refractivity contribution is 5.97. The fraction of sp³-hybridized carbons (Fsp3) is 0.0417. The van der Waals surface area contributed by atoms with E-state index in [-0.39, 0.29) is 0 Å². The zero-order chi connectivity index (χ0) is 20.4. The van der Waals surface area contributed by atoms with Crippen molar-refractivity contribution in [1.82, 2.24) is 4.98 Å². The van der Waals surface area contributed by atoms with Crippen LogP contribution in [0.5, 0.6) is 0 Å². The first-order valence-electron chi connectivity index (χ1n) is 9.19. The van der Waals surface area contributed by atoms with Crippen molar-refractivity contribution >= 4 is 22.7 Å². The van der Waals surface area contributed by atoms with Gasteiger partial charge in [-0.15, -0.1) is 0 Å². The smallest absolute Gasteiger partial charge is 0.249 e. The topological polar surface area (TPSA) is 99.1 Å². The molecule has 0 aliphatic heterocycles.